The Labute approximate surface area is 173 Å². The molecule has 3 aromatic heterocycles. The van der Waals surface area contributed by atoms with Gasteiger partial charge < -0.3 is 16.0 Å². The molecule has 1 fully saturated rings. The molecular formula is C22H23N7O. The molecule has 5 rings (SSSR count). The minimum absolute atomic E-state index is 0.127. The number of aromatic nitrogens is 4. The summed E-state index contributed by atoms with van der Waals surface area (Å²) in [5.74, 6) is 0.432. The van der Waals surface area contributed by atoms with E-state index < -0.39 is 5.54 Å². The molecule has 1 aliphatic rings. The van der Waals surface area contributed by atoms with Gasteiger partial charge in [-0.05, 0) is 49.7 Å². The van der Waals surface area contributed by atoms with E-state index in [2.05, 4.69) is 31.3 Å². The van der Waals surface area contributed by atoms with Crippen LogP contribution >= 0.6 is 0 Å². The molecule has 30 heavy (non-hydrogen) atoms. The molecule has 152 valence electrons. The molecule has 1 aromatic carbocycles. The smallest absolute Gasteiger partial charge is 0.248 e. The number of hydrogen-bond acceptors (Lipinski definition) is 6. The molecule has 1 aliphatic heterocycles. The summed E-state index contributed by atoms with van der Waals surface area (Å²) in [6, 6.07) is 11.9. The molecule has 1 amide bonds. The monoisotopic (exact) mass is 401 g/mol. The van der Waals surface area contributed by atoms with Crippen molar-refractivity contribution >= 4 is 33.7 Å². The Kier molecular flexibility index (Phi) is 4.65. The van der Waals surface area contributed by atoms with Crippen LogP contribution in [0.1, 0.15) is 18.4 Å². The van der Waals surface area contributed by atoms with Crippen LogP contribution in [-0.2, 0) is 11.3 Å². The Morgan fingerprint density at radius 1 is 1.13 bits per heavy atom. The average molecular weight is 401 g/mol. The van der Waals surface area contributed by atoms with E-state index in [0.717, 1.165) is 34.9 Å². The lowest BCUT2D eigenvalue weighted by Crippen LogP contribution is -2.60. The van der Waals surface area contributed by atoms with E-state index in [4.69, 9.17) is 5.73 Å². The molecule has 8 heteroatoms. The number of nitrogens with one attached hydrogen (secondary N) is 2. The molecule has 0 unspecified atom stereocenters. The van der Waals surface area contributed by atoms with Crippen LogP contribution in [0.2, 0.25) is 0 Å². The number of para-hydroxylation sites is 1. The van der Waals surface area contributed by atoms with Gasteiger partial charge >= 0.3 is 0 Å². The first-order chi connectivity index (χ1) is 14.6. The first kappa shape index (κ1) is 18.7. The van der Waals surface area contributed by atoms with E-state index in [1.54, 1.807) is 11.1 Å². The Balaban J connectivity index is 1.58. The van der Waals surface area contributed by atoms with Crippen molar-refractivity contribution in [2.75, 3.05) is 18.0 Å². The van der Waals surface area contributed by atoms with Crippen molar-refractivity contribution in [3.05, 3.63) is 60.7 Å². The number of nitrogens with zero attached hydrogens (tertiary/aromatic N) is 4. The number of anilines is 1. The Morgan fingerprint density at radius 3 is 2.83 bits per heavy atom. The van der Waals surface area contributed by atoms with Crippen LogP contribution in [-0.4, -0.2) is 44.5 Å². The summed E-state index contributed by atoms with van der Waals surface area (Å²) in [5, 5.41) is 5.10. The summed E-state index contributed by atoms with van der Waals surface area (Å²) in [6.07, 6.45) is 6.24. The number of carbonyl (C=O) groups is 1. The third kappa shape index (κ3) is 3.30. The van der Waals surface area contributed by atoms with Crippen LogP contribution < -0.4 is 16.0 Å². The lowest BCUT2D eigenvalue weighted by atomic mass is 9.87. The Bertz CT molecular complexity index is 1210. The molecule has 0 radical (unpaired) electrons. The summed E-state index contributed by atoms with van der Waals surface area (Å²) in [4.78, 5) is 31.8. The Hall–Kier alpha value is -3.36. The number of H-pyrrole nitrogens is 1. The van der Waals surface area contributed by atoms with E-state index in [9.17, 15) is 4.79 Å². The highest BCUT2D eigenvalue weighted by molar-refractivity contribution is 6.04. The third-order valence-electron chi connectivity index (χ3n) is 5.74. The number of carbonyl (C=O) groups excluding carboxylic acids is 1. The van der Waals surface area contributed by atoms with Crippen LogP contribution in [0.4, 0.5) is 5.82 Å². The van der Waals surface area contributed by atoms with Crippen LogP contribution in [0.25, 0.3) is 21.9 Å². The SMILES string of the molecule is NC1(C(=O)N(Cc2cnc3ccccc3c2)c2ncnc3[nH]ccc23)CCNCC1. The number of amides is 1. The molecule has 4 heterocycles. The van der Waals surface area contributed by atoms with E-state index in [-0.39, 0.29) is 5.91 Å². The molecule has 1 saturated heterocycles. The fourth-order valence-corrected chi connectivity index (χ4v) is 4.06. The predicted octanol–water partition coefficient (Wildman–Crippen LogP) is 2.12. The fourth-order valence-electron chi connectivity index (χ4n) is 4.06. The van der Waals surface area contributed by atoms with Gasteiger partial charge in [0.25, 0.3) is 0 Å². The number of nitrogens with two attached hydrogens (primary N) is 1. The second-order valence-electron chi connectivity index (χ2n) is 7.77. The fraction of sp³-hybridized carbons (Fsp3) is 0.273. The highest BCUT2D eigenvalue weighted by Crippen LogP contribution is 2.28. The maximum absolute atomic E-state index is 13.7. The number of benzene rings is 1. The molecule has 0 atom stereocenters. The molecule has 4 aromatic rings. The van der Waals surface area contributed by atoms with Gasteiger partial charge in [0.05, 0.1) is 23.0 Å². The minimum atomic E-state index is -0.927. The Morgan fingerprint density at radius 2 is 1.97 bits per heavy atom. The first-order valence-electron chi connectivity index (χ1n) is 10.1. The summed E-state index contributed by atoms with van der Waals surface area (Å²) in [5.41, 5.74) is 8.20. The van der Waals surface area contributed by atoms with Crippen LogP contribution in [0.3, 0.4) is 0 Å². The standard InChI is InChI=1S/C22H23N7O/c23-22(6-9-24-10-7-22)21(30)29(20-17-5-8-25-19(17)27-14-28-20)13-15-11-16-3-1-2-4-18(16)26-12-15/h1-5,8,11-12,14,24H,6-7,9-10,13,23H2,(H,25,27,28). The van der Waals surface area contributed by atoms with Crippen LogP contribution in [0.5, 0.6) is 0 Å². The van der Waals surface area contributed by atoms with Gasteiger partial charge in [-0.3, -0.25) is 14.7 Å². The summed E-state index contributed by atoms with van der Waals surface area (Å²) < 4.78 is 0. The van der Waals surface area contributed by atoms with Gasteiger partial charge in [0.15, 0.2) is 0 Å². The van der Waals surface area contributed by atoms with E-state index in [0.29, 0.717) is 30.9 Å². The number of rotatable bonds is 4. The molecule has 4 N–H and O–H groups in total. The predicted molar refractivity (Wildman–Crippen MR) is 116 cm³/mol. The second-order valence-corrected chi connectivity index (χ2v) is 7.77. The molecular weight excluding hydrogens is 378 g/mol. The molecule has 0 spiro atoms. The molecule has 8 nitrogen and oxygen atoms in total. The normalized spacial score (nSPS) is 16.0. The maximum Gasteiger partial charge on any atom is 0.248 e. The van der Waals surface area contributed by atoms with E-state index in [1.165, 1.54) is 6.33 Å². The van der Waals surface area contributed by atoms with Crippen molar-refractivity contribution < 1.29 is 4.79 Å². The van der Waals surface area contributed by atoms with Gasteiger partial charge in [-0.1, -0.05) is 18.2 Å². The highest BCUT2D eigenvalue weighted by Gasteiger charge is 2.40. The molecule has 0 aliphatic carbocycles. The number of fused-ring (bicyclic) bond motifs is 2. The second kappa shape index (κ2) is 7.47. The minimum Gasteiger partial charge on any atom is -0.346 e. The first-order valence-corrected chi connectivity index (χ1v) is 10.1. The number of hydrogen-bond donors (Lipinski definition) is 3. The van der Waals surface area contributed by atoms with Gasteiger partial charge in [0.1, 0.15) is 17.8 Å². The van der Waals surface area contributed by atoms with Crippen LogP contribution in [0, 0.1) is 0 Å². The average Bonchev–Trinajstić information content (AvgIpc) is 3.27. The van der Waals surface area contributed by atoms with Gasteiger partial charge in [-0.25, -0.2) is 9.97 Å². The van der Waals surface area contributed by atoms with Gasteiger partial charge in [0.2, 0.25) is 5.91 Å². The van der Waals surface area contributed by atoms with Gasteiger partial charge in [-0.15, -0.1) is 0 Å². The van der Waals surface area contributed by atoms with Crippen molar-refractivity contribution in [2.24, 2.45) is 5.73 Å². The van der Waals surface area contributed by atoms with Crippen molar-refractivity contribution in [2.45, 2.75) is 24.9 Å². The molecule has 0 saturated carbocycles. The highest BCUT2D eigenvalue weighted by atomic mass is 16.2. The van der Waals surface area contributed by atoms with E-state index >= 15 is 0 Å². The zero-order valence-electron chi connectivity index (χ0n) is 16.5. The van der Waals surface area contributed by atoms with Crippen LogP contribution in [0.15, 0.2) is 55.1 Å². The van der Waals surface area contributed by atoms with Crippen molar-refractivity contribution in [3.8, 4) is 0 Å². The zero-order valence-corrected chi connectivity index (χ0v) is 16.5. The van der Waals surface area contributed by atoms with E-state index in [1.807, 2.05) is 36.5 Å². The number of aromatic amines is 1. The lowest BCUT2D eigenvalue weighted by Gasteiger charge is -2.37. The molecule has 0 bridgehead atoms. The summed E-state index contributed by atoms with van der Waals surface area (Å²) >= 11 is 0. The van der Waals surface area contributed by atoms with Crippen molar-refractivity contribution in [1.29, 1.82) is 0 Å². The van der Waals surface area contributed by atoms with Gasteiger partial charge in [-0.2, -0.15) is 0 Å². The third-order valence-corrected chi connectivity index (χ3v) is 5.74. The topological polar surface area (TPSA) is 113 Å². The summed E-state index contributed by atoms with van der Waals surface area (Å²) in [7, 11) is 0. The summed E-state index contributed by atoms with van der Waals surface area (Å²) in [6.45, 7) is 1.77. The maximum atomic E-state index is 13.7. The largest absolute Gasteiger partial charge is 0.346 e. The van der Waals surface area contributed by atoms with Crippen molar-refractivity contribution in [1.82, 2.24) is 25.3 Å². The lowest BCUT2D eigenvalue weighted by molar-refractivity contribution is -0.124. The van der Waals surface area contributed by atoms with Crippen molar-refractivity contribution in [3.63, 3.8) is 0 Å². The zero-order chi connectivity index (χ0) is 20.6. The quantitative estimate of drug-likeness (QED) is 0.483. The van der Waals surface area contributed by atoms with Gasteiger partial charge in [0, 0.05) is 17.8 Å². The number of pyridine rings is 1. The number of piperidine rings is 1.